The quantitative estimate of drug-likeness (QED) is 0.735. The minimum absolute atomic E-state index is 0.147. The summed E-state index contributed by atoms with van der Waals surface area (Å²) in [5.74, 6) is 0.564. The van der Waals surface area contributed by atoms with Crippen LogP contribution in [0.4, 0.5) is 0 Å². The Morgan fingerprint density at radius 1 is 1.28 bits per heavy atom. The molecule has 2 heterocycles. The number of carbonyl (C=O) groups excluding carboxylic acids is 1. The van der Waals surface area contributed by atoms with E-state index in [4.69, 9.17) is 0 Å². The molecule has 0 radical (unpaired) electrons. The van der Waals surface area contributed by atoms with Gasteiger partial charge in [0.2, 0.25) is 5.91 Å². The van der Waals surface area contributed by atoms with E-state index in [1.54, 1.807) is 4.90 Å². The topological polar surface area (TPSA) is 54.5 Å². The van der Waals surface area contributed by atoms with Crippen molar-refractivity contribution in [2.45, 2.75) is 37.4 Å². The summed E-state index contributed by atoms with van der Waals surface area (Å²) in [5, 5.41) is 0.190. The van der Waals surface area contributed by atoms with E-state index in [0.717, 1.165) is 37.7 Å². The van der Waals surface area contributed by atoms with E-state index < -0.39 is 15.1 Å². The second-order valence-corrected chi connectivity index (χ2v) is 8.36. The Hall–Kier alpha value is -0.100. The van der Waals surface area contributed by atoms with Gasteiger partial charge >= 0.3 is 0 Å². The Bertz CT molecular complexity index is 410. The van der Waals surface area contributed by atoms with Crippen LogP contribution in [0.25, 0.3) is 0 Å². The standard InChI is InChI=1S/C12H20BrNO3S/c13-6-4-10-5-7-14(9-10)12(15)11-3-1-2-8-18(11,16)17/h10-11H,1-9H2. The highest BCUT2D eigenvalue weighted by atomic mass is 79.9. The van der Waals surface area contributed by atoms with Crippen LogP contribution in [0.5, 0.6) is 0 Å². The molecule has 2 rings (SSSR count). The molecule has 2 unspecified atom stereocenters. The number of hydrogen-bond donors (Lipinski definition) is 0. The second kappa shape index (κ2) is 5.90. The second-order valence-electron chi connectivity index (χ2n) is 5.27. The average molecular weight is 338 g/mol. The fourth-order valence-corrected chi connectivity index (χ4v) is 5.38. The van der Waals surface area contributed by atoms with Gasteiger partial charge in [0.1, 0.15) is 5.25 Å². The van der Waals surface area contributed by atoms with Gasteiger partial charge in [0.05, 0.1) is 5.75 Å². The lowest BCUT2D eigenvalue weighted by Gasteiger charge is -2.26. The average Bonchev–Trinajstić information content (AvgIpc) is 2.77. The summed E-state index contributed by atoms with van der Waals surface area (Å²) >= 11 is 3.41. The third kappa shape index (κ3) is 3.07. The molecule has 0 saturated carbocycles. The van der Waals surface area contributed by atoms with Gasteiger partial charge in [0.15, 0.2) is 9.84 Å². The Morgan fingerprint density at radius 3 is 2.72 bits per heavy atom. The molecular formula is C12H20BrNO3S. The number of rotatable bonds is 3. The zero-order chi connectivity index (χ0) is 13.2. The molecule has 4 nitrogen and oxygen atoms in total. The highest BCUT2D eigenvalue weighted by molar-refractivity contribution is 9.09. The lowest BCUT2D eigenvalue weighted by atomic mass is 10.1. The predicted molar refractivity (Wildman–Crippen MR) is 74.5 cm³/mol. The van der Waals surface area contributed by atoms with Crippen LogP contribution in [-0.2, 0) is 14.6 Å². The van der Waals surface area contributed by atoms with Gasteiger partial charge in [-0.15, -0.1) is 0 Å². The van der Waals surface area contributed by atoms with E-state index in [2.05, 4.69) is 15.9 Å². The van der Waals surface area contributed by atoms with Crippen LogP contribution >= 0.6 is 15.9 Å². The van der Waals surface area contributed by atoms with Crippen molar-refractivity contribution in [3.05, 3.63) is 0 Å². The number of nitrogens with zero attached hydrogens (tertiary/aromatic N) is 1. The third-order valence-electron chi connectivity index (χ3n) is 3.97. The number of hydrogen-bond acceptors (Lipinski definition) is 3. The van der Waals surface area contributed by atoms with Crippen molar-refractivity contribution >= 4 is 31.7 Å². The molecule has 1 amide bonds. The molecule has 0 spiro atoms. The first-order valence-electron chi connectivity index (χ1n) is 6.61. The van der Waals surface area contributed by atoms with Crippen LogP contribution in [0.1, 0.15) is 32.1 Å². The maximum atomic E-state index is 12.3. The third-order valence-corrected chi connectivity index (χ3v) is 6.59. The Morgan fingerprint density at radius 2 is 2.06 bits per heavy atom. The van der Waals surface area contributed by atoms with E-state index >= 15 is 0 Å². The SMILES string of the molecule is O=C(C1CCCCS1(=O)=O)N1CCC(CCBr)C1. The van der Waals surface area contributed by atoms with Gasteiger partial charge < -0.3 is 4.90 Å². The summed E-state index contributed by atoms with van der Waals surface area (Å²) in [4.78, 5) is 14.1. The van der Waals surface area contributed by atoms with Crippen molar-refractivity contribution in [3.63, 3.8) is 0 Å². The van der Waals surface area contributed by atoms with E-state index in [1.807, 2.05) is 0 Å². The molecule has 18 heavy (non-hydrogen) atoms. The van der Waals surface area contributed by atoms with E-state index in [9.17, 15) is 13.2 Å². The van der Waals surface area contributed by atoms with Gasteiger partial charge in [-0.2, -0.15) is 0 Å². The van der Waals surface area contributed by atoms with E-state index in [1.165, 1.54) is 0 Å². The lowest BCUT2D eigenvalue weighted by Crippen LogP contribution is -2.44. The van der Waals surface area contributed by atoms with Crippen LogP contribution in [-0.4, -0.2) is 48.6 Å². The summed E-state index contributed by atoms with van der Waals surface area (Å²) in [6.45, 7) is 1.46. The van der Waals surface area contributed by atoms with Crippen molar-refractivity contribution in [1.29, 1.82) is 0 Å². The fraction of sp³-hybridized carbons (Fsp3) is 0.917. The van der Waals surface area contributed by atoms with Gasteiger partial charge in [-0.3, -0.25) is 4.79 Å². The molecule has 6 heteroatoms. The summed E-state index contributed by atoms with van der Waals surface area (Å²) < 4.78 is 23.9. The van der Waals surface area contributed by atoms with E-state index in [-0.39, 0.29) is 11.7 Å². The van der Waals surface area contributed by atoms with Crippen molar-refractivity contribution in [1.82, 2.24) is 4.90 Å². The smallest absolute Gasteiger partial charge is 0.240 e. The van der Waals surface area contributed by atoms with Crippen molar-refractivity contribution in [2.75, 3.05) is 24.2 Å². The number of likely N-dealkylation sites (tertiary alicyclic amines) is 1. The molecule has 104 valence electrons. The first kappa shape index (κ1) is 14.3. The van der Waals surface area contributed by atoms with Crippen molar-refractivity contribution in [2.24, 2.45) is 5.92 Å². The monoisotopic (exact) mass is 337 g/mol. The van der Waals surface area contributed by atoms with Gasteiger partial charge in [0, 0.05) is 18.4 Å². The van der Waals surface area contributed by atoms with E-state index in [0.29, 0.717) is 18.8 Å². The highest BCUT2D eigenvalue weighted by Gasteiger charge is 2.39. The Kier molecular flexibility index (Phi) is 4.69. The molecule has 2 aliphatic heterocycles. The Balaban J connectivity index is 1.99. The first-order valence-corrected chi connectivity index (χ1v) is 9.44. The number of sulfone groups is 1. The minimum Gasteiger partial charge on any atom is -0.341 e. The largest absolute Gasteiger partial charge is 0.341 e. The molecule has 0 aromatic rings. The van der Waals surface area contributed by atoms with Crippen molar-refractivity contribution < 1.29 is 13.2 Å². The van der Waals surface area contributed by atoms with Gasteiger partial charge in [-0.05, 0) is 31.6 Å². The molecular weight excluding hydrogens is 318 g/mol. The van der Waals surface area contributed by atoms with Crippen LogP contribution in [0, 0.1) is 5.92 Å². The number of carbonyl (C=O) groups is 1. The summed E-state index contributed by atoms with van der Waals surface area (Å²) in [6.07, 6.45) is 4.14. The maximum Gasteiger partial charge on any atom is 0.240 e. The lowest BCUT2D eigenvalue weighted by molar-refractivity contribution is -0.130. The molecule has 0 aliphatic carbocycles. The van der Waals surface area contributed by atoms with Gasteiger partial charge in [-0.25, -0.2) is 8.42 Å². The summed E-state index contributed by atoms with van der Waals surface area (Å²) in [7, 11) is -3.19. The predicted octanol–water partition coefficient (Wildman–Crippen LogP) is 1.59. The molecule has 2 aliphatic rings. The first-order chi connectivity index (χ1) is 8.54. The molecule has 0 aromatic heterocycles. The van der Waals surface area contributed by atoms with Gasteiger partial charge in [-0.1, -0.05) is 22.4 Å². The minimum atomic E-state index is -3.19. The molecule has 0 N–H and O–H groups in total. The number of alkyl halides is 1. The molecule has 0 bridgehead atoms. The maximum absolute atomic E-state index is 12.3. The van der Waals surface area contributed by atoms with Crippen LogP contribution in [0.3, 0.4) is 0 Å². The molecule has 2 fully saturated rings. The normalized spacial score (nSPS) is 31.5. The number of amides is 1. The van der Waals surface area contributed by atoms with Crippen LogP contribution in [0.15, 0.2) is 0 Å². The summed E-state index contributed by atoms with van der Waals surface area (Å²) in [6, 6.07) is 0. The van der Waals surface area contributed by atoms with Crippen molar-refractivity contribution in [3.8, 4) is 0 Å². The van der Waals surface area contributed by atoms with Crippen LogP contribution in [0.2, 0.25) is 0 Å². The fourth-order valence-electron chi connectivity index (χ4n) is 2.86. The molecule has 0 aromatic carbocycles. The zero-order valence-corrected chi connectivity index (χ0v) is 12.9. The molecule has 2 saturated heterocycles. The molecule has 2 atom stereocenters. The zero-order valence-electron chi connectivity index (χ0n) is 10.5. The highest BCUT2D eigenvalue weighted by Crippen LogP contribution is 2.26. The van der Waals surface area contributed by atoms with Gasteiger partial charge in [0.25, 0.3) is 0 Å². The summed E-state index contributed by atoms with van der Waals surface area (Å²) in [5.41, 5.74) is 0. The number of halogens is 1. The van der Waals surface area contributed by atoms with Crippen LogP contribution < -0.4 is 0 Å². The Labute approximate surface area is 117 Å².